The fourth-order valence-corrected chi connectivity index (χ4v) is 4.06. The summed E-state index contributed by atoms with van der Waals surface area (Å²) in [7, 11) is 0. The summed E-state index contributed by atoms with van der Waals surface area (Å²) in [5, 5.41) is 4.54. The molecule has 1 N–H and O–H groups in total. The molecule has 2 aromatic carbocycles. The Kier molecular flexibility index (Phi) is 3.69. The molecule has 4 heteroatoms. The summed E-state index contributed by atoms with van der Waals surface area (Å²) in [5.74, 6) is 0.515. The highest BCUT2D eigenvalue weighted by Crippen LogP contribution is 2.39. The summed E-state index contributed by atoms with van der Waals surface area (Å²) in [6.07, 6.45) is 3.64. The molecule has 2 aliphatic rings. The lowest BCUT2D eigenvalue weighted by molar-refractivity contribution is -0.218. The Morgan fingerprint density at radius 3 is 2.85 bits per heavy atom. The predicted molar refractivity (Wildman–Crippen MR) is 102 cm³/mol. The number of piperidine rings is 1. The fraction of sp³-hybridized carbons (Fsp3) is 0.318. The second-order valence-electron chi connectivity index (χ2n) is 7.19. The van der Waals surface area contributed by atoms with Gasteiger partial charge in [0.05, 0.1) is 12.1 Å². The van der Waals surface area contributed by atoms with Crippen molar-refractivity contribution in [3.63, 3.8) is 0 Å². The minimum absolute atomic E-state index is 0.442. The molecule has 0 saturated carbocycles. The molecule has 5 rings (SSSR count). The minimum Gasteiger partial charge on any atom is -0.462 e. The van der Waals surface area contributed by atoms with Gasteiger partial charge in [-0.2, -0.15) is 0 Å². The van der Waals surface area contributed by atoms with E-state index >= 15 is 0 Å². The second-order valence-corrected chi connectivity index (χ2v) is 7.19. The number of aryl methyl sites for hydroxylation is 1. The van der Waals surface area contributed by atoms with Gasteiger partial charge in [0.15, 0.2) is 0 Å². The molecular weight excluding hydrogens is 324 g/mol. The third kappa shape index (κ3) is 2.57. The average Bonchev–Trinajstić information content (AvgIpc) is 2.69. The largest absolute Gasteiger partial charge is 0.462 e. The molecule has 1 spiro atoms. The van der Waals surface area contributed by atoms with Gasteiger partial charge in [0.2, 0.25) is 5.79 Å². The highest BCUT2D eigenvalue weighted by molar-refractivity contribution is 5.88. The summed E-state index contributed by atoms with van der Waals surface area (Å²) < 4.78 is 12.4. The number of fused-ring (bicyclic) bond motifs is 2. The number of ether oxygens (including phenoxy) is 2. The Morgan fingerprint density at radius 1 is 1.08 bits per heavy atom. The lowest BCUT2D eigenvalue weighted by Gasteiger charge is -2.41. The van der Waals surface area contributed by atoms with Gasteiger partial charge in [-0.05, 0) is 41.8 Å². The standard InChI is InChI=1S/C22H22N2O2/c1-15-19(6-4-16-3-2-10-24-21(15)16)17-5-7-20-18(13-17)14-25-22(26-20)8-11-23-12-9-22/h2-7,10,13,23H,8-9,11-12,14H2,1H3. The molecule has 3 heterocycles. The van der Waals surface area contributed by atoms with Gasteiger partial charge in [0.25, 0.3) is 0 Å². The summed E-state index contributed by atoms with van der Waals surface area (Å²) in [4.78, 5) is 4.56. The third-order valence-corrected chi connectivity index (χ3v) is 5.55. The molecule has 132 valence electrons. The van der Waals surface area contributed by atoms with Crippen molar-refractivity contribution < 1.29 is 9.47 Å². The van der Waals surface area contributed by atoms with Crippen LogP contribution in [0.15, 0.2) is 48.7 Å². The number of hydrogen-bond acceptors (Lipinski definition) is 4. The zero-order chi connectivity index (χ0) is 17.6. The Hall–Kier alpha value is -2.43. The summed E-state index contributed by atoms with van der Waals surface area (Å²) >= 11 is 0. The van der Waals surface area contributed by atoms with E-state index in [0.29, 0.717) is 6.61 Å². The van der Waals surface area contributed by atoms with E-state index in [1.807, 2.05) is 12.3 Å². The first-order chi connectivity index (χ1) is 12.7. The fourth-order valence-electron chi connectivity index (χ4n) is 4.06. The van der Waals surface area contributed by atoms with Crippen LogP contribution in [0.4, 0.5) is 0 Å². The quantitative estimate of drug-likeness (QED) is 0.717. The van der Waals surface area contributed by atoms with Gasteiger partial charge in [-0.1, -0.05) is 24.3 Å². The van der Waals surface area contributed by atoms with E-state index in [-0.39, 0.29) is 0 Å². The van der Waals surface area contributed by atoms with Crippen molar-refractivity contribution in [3.8, 4) is 16.9 Å². The molecule has 1 saturated heterocycles. The van der Waals surface area contributed by atoms with Crippen molar-refractivity contribution in [2.24, 2.45) is 0 Å². The Bertz CT molecular complexity index is 977. The number of rotatable bonds is 1. The maximum atomic E-state index is 6.28. The first-order valence-corrected chi connectivity index (χ1v) is 9.25. The molecular formula is C22H22N2O2. The van der Waals surface area contributed by atoms with Gasteiger partial charge in [-0.25, -0.2) is 0 Å². The maximum absolute atomic E-state index is 6.28. The highest BCUT2D eigenvalue weighted by Gasteiger charge is 2.38. The van der Waals surface area contributed by atoms with Gasteiger partial charge >= 0.3 is 0 Å². The molecule has 0 aliphatic carbocycles. The number of aromatic nitrogens is 1. The highest BCUT2D eigenvalue weighted by atomic mass is 16.7. The van der Waals surface area contributed by atoms with Crippen molar-refractivity contribution in [1.82, 2.24) is 10.3 Å². The Morgan fingerprint density at radius 2 is 1.96 bits per heavy atom. The first-order valence-electron chi connectivity index (χ1n) is 9.25. The molecule has 0 amide bonds. The predicted octanol–water partition coefficient (Wildman–Crippen LogP) is 4.20. The second kappa shape index (κ2) is 6.08. The lowest BCUT2D eigenvalue weighted by Crippen LogP contribution is -2.49. The van der Waals surface area contributed by atoms with Crippen LogP contribution in [0.25, 0.3) is 22.0 Å². The van der Waals surface area contributed by atoms with E-state index in [0.717, 1.165) is 42.8 Å². The van der Waals surface area contributed by atoms with Crippen molar-refractivity contribution in [2.75, 3.05) is 13.1 Å². The van der Waals surface area contributed by atoms with Crippen LogP contribution in [0.1, 0.15) is 24.0 Å². The van der Waals surface area contributed by atoms with E-state index in [1.54, 1.807) is 0 Å². The molecule has 2 aliphatic heterocycles. The van der Waals surface area contributed by atoms with Crippen molar-refractivity contribution in [2.45, 2.75) is 32.2 Å². The van der Waals surface area contributed by atoms with E-state index in [4.69, 9.17) is 9.47 Å². The van der Waals surface area contributed by atoms with Gasteiger partial charge in [0, 0.05) is 43.1 Å². The van der Waals surface area contributed by atoms with Crippen molar-refractivity contribution in [3.05, 3.63) is 59.8 Å². The van der Waals surface area contributed by atoms with Crippen LogP contribution >= 0.6 is 0 Å². The van der Waals surface area contributed by atoms with Gasteiger partial charge < -0.3 is 14.8 Å². The minimum atomic E-state index is -0.442. The van der Waals surface area contributed by atoms with Crippen LogP contribution < -0.4 is 10.1 Å². The average molecular weight is 346 g/mol. The zero-order valence-electron chi connectivity index (χ0n) is 14.9. The van der Waals surface area contributed by atoms with Crippen LogP contribution in [0.3, 0.4) is 0 Å². The molecule has 1 aromatic heterocycles. The molecule has 26 heavy (non-hydrogen) atoms. The molecule has 0 bridgehead atoms. The van der Waals surface area contributed by atoms with Crippen LogP contribution in [-0.4, -0.2) is 23.9 Å². The molecule has 3 aromatic rings. The van der Waals surface area contributed by atoms with Crippen LogP contribution in [0.2, 0.25) is 0 Å². The normalized spacial score (nSPS) is 18.5. The van der Waals surface area contributed by atoms with Gasteiger partial charge in [-0.3, -0.25) is 4.98 Å². The number of nitrogens with one attached hydrogen (secondary N) is 1. The molecule has 1 fully saturated rings. The lowest BCUT2D eigenvalue weighted by atomic mass is 9.95. The van der Waals surface area contributed by atoms with Crippen molar-refractivity contribution >= 4 is 10.9 Å². The number of pyridine rings is 1. The zero-order valence-corrected chi connectivity index (χ0v) is 14.9. The molecule has 0 unspecified atom stereocenters. The molecule has 0 radical (unpaired) electrons. The van der Waals surface area contributed by atoms with E-state index in [2.05, 4.69) is 53.6 Å². The topological polar surface area (TPSA) is 43.4 Å². The smallest absolute Gasteiger partial charge is 0.213 e. The van der Waals surface area contributed by atoms with E-state index in [9.17, 15) is 0 Å². The SMILES string of the molecule is Cc1c(-c2ccc3c(c2)COC2(CCNCC2)O3)ccc2cccnc12. The summed E-state index contributed by atoms with van der Waals surface area (Å²) in [6, 6.07) is 14.8. The van der Waals surface area contributed by atoms with Crippen molar-refractivity contribution in [1.29, 1.82) is 0 Å². The molecule has 4 nitrogen and oxygen atoms in total. The number of hydrogen-bond donors (Lipinski definition) is 1. The Labute approximate surface area is 153 Å². The monoisotopic (exact) mass is 346 g/mol. The first kappa shape index (κ1) is 15.8. The summed E-state index contributed by atoms with van der Waals surface area (Å²) in [6.45, 7) is 4.63. The van der Waals surface area contributed by atoms with Gasteiger partial charge in [0.1, 0.15) is 5.75 Å². The summed E-state index contributed by atoms with van der Waals surface area (Å²) in [5.41, 5.74) is 5.77. The van der Waals surface area contributed by atoms with Gasteiger partial charge in [-0.15, -0.1) is 0 Å². The van der Waals surface area contributed by atoms with E-state index in [1.165, 1.54) is 22.1 Å². The van der Waals surface area contributed by atoms with E-state index < -0.39 is 5.79 Å². The third-order valence-electron chi connectivity index (χ3n) is 5.55. The number of benzene rings is 2. The Balaban J connectivity index is 1.52. The van der Waals surface area contributed by atoms with Crippen LogP contribution in [0.5, 0.6) is 5.75 Å². The van der Waals surface area contributed by atoms with Crippen LogP contribution in [0, 0.1) is 6.92 Å². The molecule has 0 atom stereocenters. The maximum Gasteiger partial charge on any atom is 0.213 e. The van der Waals surface area contributed by atoms with Crippen LogP contribution in [-0.2, 0) is 11.3 Å². The number of nitrogens with zero attached hydrogens (tertiary/aromatic N) is 1.